The number of sulfone groups is 1. The molecule has 2 aromatic carbocycles. The van der Waals surface area contributed by atoms with Gasteiger partial charge < -0.3 is 4.74 Å². The smallest absolute Gasteiger partial charge is 0.355 e. The van der Waals surface area contributed by atoms with Crippen LogP contribution in [-0.4, -0.2) is 17.0 Å². The molecule has 0 aliphatic heterocycles. The zero-order valence-corrected chi connectivity index (χ0v) is 14.6. The molecule has 0 atom stereocenters. The first-order valence-electron chi connectivity index (χ1n) is 5.80. The summed E-state index contributed by atoms with van der Waals surface area (Å²) in [5.41, 5.74) is 0. The van der Waals surface area contributed by atoms with E-state index in [1.165, 1.54) is 12.1 Å². The van der Waals surface area contributed by atoms with Gasteiger partial charge in [0.25, 0.3) is 2.57 Å². The molecule has 0 spiro atoms. The Morgan fingerprint density at radius 2 is 1.38 bits per heavy atom. The van der Waals surface area contributed by atoms with Crippen LogP contribution in [0.15, 0.2) is 65.6 Å². The largest absolute Gasteiger partial charge is 0.424 e. The van der Waals surface area contributed by atoms with Gasteiger partial charge in [-0.3, -0.25) is 0 Å². The molecule has 0 aromatic heterocycles. The monoisotopic (exact) mass is 432 g/mol. The average Bonchev–Trinajstić information content (AvgIpc) is 2.49. The fourth-order valence-corrected chi connectivity index (χ4v) is 3.87. The fraction of sp³-hybridized carbons (Fsp3) is 0.0714. The molecule has 0 saturated heterocycles. The van der Waals surface area contributed by atoms with Crippen LogP contribution in [0.2, 0.25) is 0 Å². The van der Waals surface area contributed by atoms with E-state index in [2.05, 4.69) is 31.9 Å². The number of carbonyl (C=O) groups excluding carboxylic acids is 1. The molecule has 0 radical (unpaired) electrons. The molecule has 0 amide bonds. The van der Waals surface area contributed by atoms with Crippen molar-refractivity contribution in [2.75, 3.05) is 0 Å². The van der Waals surface area contributed by atoms with Crippen LogP contribution in [0.5, 0.6) is 5.75 Å². The lowest BCUT2D eigenvalue weighted by Gasteiger charge is -2.19. The lowest BCUT2D eigenvalue weighted by Crippen LogP contribution is -2.37. The van der Waals surface area contributed by atoms with Crippen molar-refractivity contribution in [2.24, 2.45) is 0 Å². The number of para-hydroxylation sites is 1. The number of benzene rings is 2. The van der Waals surface area contributed by atoms with Gasteiger partial charge >= 0.3 is 5.97 Å². The molecule has 2 rings (SSSR count). The van der Waals surface area contributed by atoms with Crippen LogP contribution in [0.4, 0.5) is 0 Å². The van der Waals surface area contributed by atoms with Crippen molar-refractivity contribution < 1.29 is 17.9 Å². The van der Waals surface area contributed by atoms with Crippen molar-refractivity contribution in [3.05, 3.63) is 60.7 Å². The predicted molar refractivity (Wildman–Crippen MR) is 86.3 cm³/mol. The Labute approximate surface area is 139 Å². The highest BCUT2D eigenvalue weighted by atomic mass is 79.9. The quantitative estimate of drug-likeness (QED) is 0.420. The molecule has 0 unspecified atom stereocenters. The molecule has 0 heterocycles. The summed E-state index contributed by atoms with van der Waals surface area (Å²) < 4.78 is 28.0. The Hall–Kier alpha value is -1.18. The third kappa shape index (κ3) is 3.36. The molecular formula is C14H10Br2O4S. The Morgan fingerprint density at radius 1 is 0.905 bits per heavy atom. The van der Waals surface area contributed by atoms with E-state index in [4.69, 9.17) is 4.74 Å². The maximum Gasteiger partial charge on any atom is 0.355 e. The highest BCUT2D eigenvalue weighted by Gasteiger charge is 2.49. The van der Waals surface area contributed by atoms with Gasteiger partial charge in [0.2, 0.25) is 9.84 Å². The predicted octanol–water partition coefficient (Wildman–Crippen LogP) is 3.51. The first-order valence-corrected chi connectivity index (χ1v) is 8.87. The lowest BCUT2D eigenvalue weighted by atomic mass is 10.3. The van der Waals surface area contributed by atoms with E-state index in [-0.39, 0.29) is 10.6 Å². The Balaban J connectivity index is 2.31. The van der Waals surface area contributed by atoms with Crippen molar-refractivity contribution in [3.8, 4) is 5.75 Å². The van der Waals surface area contributed by atoms with Crippen LogP contribution in [0.3, 0.4) is 0 Å². The number of alkyl halides is 2. The average molecular weight is 434 g/mol. The number of esters is 1. The number of halogens is 2. The molecule has 21 heavy (non-hydrogen) atoms. The lowest BCUT2D eigenvalue weighted by molar-refractivity contribution is -0.132. The molecule has 0 aliphatic carbocycles. The summed E-state index contributed by atoms with van der Waals surface area (Å²) in [6.07, 6.45) is 0. The molecule has 0 fully saturated rings. The van der Waals surface area contributed by atoms with Crippen molar-refractivity contribution in [1.82, 2.24) is 0 Å². The van der Waals surface area contributed by atoms with E-state index in [0.717, 1.165) is 0 Å². The Kier molecular flexibility index (Phi) is 4.85. The highest BCUT2D eigenvalue weighted by Crippen LogP contribution is 2.39. The summed E-state index contributed by atoms with van der Waals surface area (Å²) in [4.78, 5) is 12.2. The zero-order valence-electron chi connectivity index (χ0n) is 10.6. The van der Waals surface area contributed by atoms with Gasteiger partial charge in [0, 0.05) is 0 Å². The molecule has 0 saturated carbocycles. The summed E-state index contributed by atoms with van der Waals surface area (Å²) in [6, 6.07) is 15.9. The Bertz CT molecular complexity index is 728. The molecule has 2 aromatic rings. The number of hydrogen-bond acceptors (Lipinski definition) is 4. The second kappa shape index (κ2) is 6.29. The van der Waals surface area contributed by atoms with Gasteiger partial charge in [-0.05, 0) is 56.1 Å². The zero-order chi connectivity index (χ0) is 15.5. The highest BCUT2D eigenvalue weighted by molar-refractivity contribution is 9.28. The standard InChI is InChI=1S/C14H10Br2O4S/c15-14(16,13(17)20-11-7-3-1-4-8-11)21(18,19)12-9-5-2-6-10-12/h1-10H. The summed E-state index contributed by atoms with van der Waals surface area (Å²) in [7, 11) is -4.00. The van der Waals surface area contributed by atoms with Crippen LogP contribution in [0.25, 0.3) is 0 Å². The number of hydrogen-bond donors (Lipinski definition) is 0. The SMILES string of the molecule is O=C(Oc1ccccc1)C(Br)(Br)S(=O)(=O)c1ccccc1. The molecule has 0 aliphatic rings. The first-order chi connectivity index (χ1) is 9.85. The summed E-state index contributed by atoms with van der Waals surface area (Å²) in [6.45, 7) is 0. The second-order valence-corrected chi connectivity index (χ2v) is 10.6. The minimum Gasteiger partial charge on any atom is -0.424 e. The van der Waals surface area contributed by atoms with E-state index < -0.39 is 18.4 Å². The second-order valence-electron chi connectivity index (χ2n) is 4.04. The van der Waals surface area contributed by atoms with Gasteiger partial charge in [-0.25, -0.2) is 13.2 Å². The van der Waals surface area contributed by atoms with Crippen LogP contribution >= 0.6 is 31.9 Å². The van der Waals surface area contributed by atoms with Crippen molar-refractivity contribution in [2.45, 2.75) is 7.46 Å². The van der Waals surface area contributed by atoms with Gasteiger partial charge in [0.05, 0.1) is 4.90 Å². The third-order valence-electron chi connectivity index (χ3n) is 2.58. The van der Waals surface area contributed by atoms with E-state index in [0.29, 0.717) is 0 Å². The van der Waals surface area contributed by atoms with E-state index >= 15 is 0 Å². The third-order valence-corrected chi connectivity index (χ3v) is 7.52. The van der Waals surface area contributed by atoms with Crippen LogP contribution in [0.1, 0.15) is 0 Å². The van der Waals surface area contributed by atoms with Crippen molar-refractivity contribution in [3.63, 3.8) is 0 Å². The van der Waals surface area contributed by atoms with Gasteiger partial charge in [0.1, 0.15) is 5.75 Å². The fourth-order valence-electron chi connectivity index (χ4n) is 1.51. The number of carbonyl (C=O) groups is 1. The normalized spacial score (nSPS) is 11.9. The maximum absolute atomic E-state index is 12.5. The molecule has 7 heteroatoms. The van der Waals surface area contributed by atoms with Crippen LogP contribution in [0, 0.1) is 0 Å². The number of ether oxygens (including phenoxy) is 1. The summed E-state index contributed by atoms with van der Waals surface area (Å²) in [5, 5.41) is 0. The minimum atomic E-state index is -4.00. The van der Waals surface area contributed by atoms with Gasteiger partial charge in [0.15, 0.2) is 0 Å². The minimum absolute atomic E-state index is 0.00348. The van der Waals surface area contributed by atoms with Gasteiger partial charge in [-0.2, -0.15) is 0 Å². The molecule has 4 nitrogen and oxygen atoms in total. The maximum atomic E-state index is 12.5. The number of rotatable bonds is 4. The molecule has 0 N–H and O–H groups in total. The molecular weight excluding hydrogens is 424 g/mol. The van der Waals surface area contributed by atoms with Crippen molar-refractivity contribution in [1.29, 1.82) is 0 Å². The first kappa shape index (κ1) is 16.2. The van der Waals surface area contributed by atoms with Crippen molar-refractivity contribution >= 4 is 47.7 Å². The molecule has 110 valence electrons. The van der Waals surface area contributed by atoms with E-state index in [9.17, 15) is 13.2 Å². The van der Waals surface area contributed by atoms with Crippen LogP contribution in [-0.2, 0) is 14.6 Å². The summed E-state index contributed by atoms with van der Waals surface area (Å²) >= 11 is 5.83. The Morgan fingerprint density at radius 3 is 1.90 bits per heavy atom. The summed E-state index contributed by atoms with van der Waals surface area (Å²) in [5.74, 6) is -0.716. The van der Waals surface area contributed by atoms with Gasteiger partial charge in [-0.15, -0.1) is 0 Å². The van der Waals surface area contributed by atoms with E-state index in [1.54, 1.807) is 48.5 Å². The van der Waals surface area contributed by atoms with Crippen LogP contribution < -0.4 is 4.74 Å². The molecule has 0 bridgehead atoms. The van der Waals surface area contributed by atoms with E-state index in [1.807, 2.05) is 0 Å². The topological polar surface area (TPSA) is 60.4 Å². The van der Waals surface area contributed by atoms with Gasteiger partial charge in [-0.1, -0.05) is 36.4 Å².